The van der Waals surface area contributed by atoms with Crippen LogP contribution in [0.3, 0.4) is 0 Å². The van der Waals surface area contributed by atoms with E-state index in [1.807, 2.05) is 42.5 Å². The van der Waals surface area contributed by atoms with Gasteiger partial charge in [0.05, 0.1) is 18.9 Å². The van der Waals surface area contributed by atoms with Crippen LogP contribution in [0.15, 0.2) is 42.5 Å². The molecule has 1 aliphatic heterocycles. The van der Waals surface area contributed by atoms with Crippen LogP contribution < -0.4 is 10.6 Å². The summed E-state index contributed by atoms with van der Waals surface area (Å²) in [5.74, 6) is -0.440. The maximum absolute atomic E-state index is 12.6. The van der Waals surface area contributed by atoms with Crippen LogP contribution >= 0.6 is 0 Å². The molecule has 0 spiro atoms. The average Bonchev–Trinajstić information content (AvgIpc) is 2.78. The standard InChI is InChI=1S/C24H31N3O3/c1-2-3-13-25-24(30)20-11-7-14-27(17-20)23(29)16-26-22(28)15-19-10-6-9-18-8-4-5-12-21(18)19/h4-6,8-10,12,20H,2-3,7,11,13-17H2,1H3,(H,25,30)(H,26,28). The van der Waals surface area contributed by atoms with Gasteiger partial charge in [-0.15, -0.1) is 0 Å². The number of hydrogen-bond donors (Lipinski definition) is 2. The minimum atomic E-state index is -0.175. The van der Waals surface area contributed by atoms with Crippen molar-refractivity contribution in [1.82, 2.24) is 15.5 Å². The Kier molecular flexibility index (Phi) is 7.82. The minimum absolute atomic E-state index is 0.0286. The lowest BCUT2D eigenvalue weighted by Gasteiger charge is -2.32. The summed E-state index contributed by atoms with van der Waals surface area (Å²) in [6.07, 6.45) is 3.84. The van der Waals surface area contributed by atoms with Crippen molar-refractivity contribution in [3.63, 3.8) is 0 Å². The molecule has 2 N–H and O–H groups in total. The number of fused-ring (bicyclic) bond motifs is 1. The second-order valence-corrected chi connectivity index (χ2v) is 7.92. The molecule has 1 atom stereocenters. The summed E-state index contributed by atoms with van der Waals surface area (Å²) < 4.78 is 0. The van der Waals surface area contributed by atoms with E-state index in [1.54, 1.807) is 4.90 Å². The molecule has 3 rings (SSSR count). The van der Waals surface area contributed by atoms with Crippen LogP contribution in [0, 0.1) is 5.92 Å². The van der Waals surface area contributed by atoms with Gasteiger partial charge >= 0.3 is 0 Å². The van der Waals surface area contributed by atoms with Crippen LogP contribution in [0.4, 0.5) is 0 Å². The third-order valence-corrected chi connectivity index (χ3v) is 5.64. The number of likely N-dealkylation sites (tertiary alicyclic amines) is 1. The van der Waals surface area contributed by atoms with Gasteiger partial charge < -0.3 is 15.5 Å². The predicted octanol–water partition coefficient (Wildman–Crippen LogP) is 2.65. The summed E-state index contributed by atoms with van der Waals surface area (Å²) in [6.45, 7) is 3.80. The Labute approximate surface area is 178 Å². The molecule has 6 nitrogen and oxygen atoms in total. The van der Waals surface area contributed by atoms with Gasteiger partial charge in [0.2, 0.25) is 17.7 Å². The largest absolute Gasteiger partial charge is 0.356 e. The molecular weight excluding hydrogens is 378 g/mol. The molecule has 0 aromatic heterocycles. The van der Waals surface area contributed by atoms with Crippen LogP contribution in [0.1, 0.15) is 38.2 Å². The summed E-state index contributed by atoms with van der Waals surface area (Å²) >= 11 is 0. The highest BCUT2D eigenvalue weighted by Crippen LogP contribution is 2.19. The van der Waals surface area contributed by atoms with Gasteiger partial charge in [-0.3, -0.25) is 14.4 Å². The first-order valence-electron chi connectivity index (χ1n) is 10.9. The third-order valence-electron chi connectivity index (χ3n) is 5.64. The highest BCUT2D eigenvalue weighted by molar-refractivity contribution is 5.91. The molecule has 6 heteroatoms. The van der Waals surface area contributed by atoms with Crippen molar-refractivity contribution in [2.24, 2.45) is 5.92 Å². The zero-order valence-electron chi connectivity index (χ0n) is 17.7. The van der Waals surface area contributed by atoms with Crippen molar-refractivity contribution >= 4 is 28.5 Å². The van der Waals surface area contributed by atoms with E-state index in [9.17, 15) is 14.4 Å². The van der Waals surface area contributed by atoms with Crippen molar-refractivity contribution in [1.29, 1.82) is 0 Å². The second-order valence-electron chi connectivity index (χ2n) is 7.92. The lowest BCUT2D eigenvalue weighted by Crippen LogP contribution is -2.48. The Morgan fingerprint density at radius 2 is 1.87 bits per heavy atom. The summed E-state index contributed by atoms with van der Waals surface area (Å²) in [5, 5.41) is 7.85. The van der Waals surface area contributed by atoms with E-state index >= 15 is 0 Å². The average molecular weight is 410 g/mol. The molecular formula is C24H31N3O3. The van der Waals surface area contributed by atoms with Gasteiger partial charge in [-0.25, -0.2) is 0 Å². The highest BCUT2D eigenvalue weighted by Gasteiger charge is 2.28. The number of piperidine rings is 1. The molecule has 1 heterocycles. The second kappa shape index (κ2) is 10.8. The highest BCUT2D eigenvalue weighted by atomic mass is 16.2. The molecule has 160 valence electrons. The van der Waals surface area contributed by atoms with Crippen LogP contribution in [0.2, 0.25) is 0 Å². The fourth-order valence-electron chi connectivity index (χ4n) is 3.92. The van der Waals surface area contributed by atoms with Gasteiger partial charge in [0.15, 0.2) is 0 Å². The van der Waals surface area contributed by atoms with E-state index in [4.69, 9.17) is 0 Å². The van der Waals surface area contributed by atoms with E-state index in [1.165, 1.54) is 0 Å². The lowest BCUT2D eigenvalue weighted by atomic mass is 9.97. The maximum Gasteiger partial charge on any atom is 0.241 e. The zero-order chi connectivity index (χ0) is 21.3. The third kappa shape index (κ3) is 5.81. The molecule has 2 aromatic carbocycles. The van der Waals surface area contributed by atoms with E-state index in [0.29, 0.717) is 19.6 Å². The number of amides is 3. The van der Waals surface area contributed by atoms with Gasteiger partial charge in [-0.2, -0.15) is 0 Å². The van der Waals surface area contributed by atoms with Crippen molar-refractivity contribution in [3.8, 4) is 0 Å². The number of nitrogens with one attached hydrogen (secondary N) is 2. The Bertz CT molecular complexity index is 891. The first kappa shape index (κ1) is 21.8. The molecule has 0 bridgehead atoms. The summed E-state index contributed by atoms with van der Waals surface area (Å²) in [6, 6.07) is 13.9. The normalized spacial score (nSPS) is 16.3. The monoisotopic (exact) mass is 409 g/mol. The van der Waals surface area contributed by atoms with Crippen LogP contribution in [0.5, 0.6) is 0 Å². The molecule has 0 aliphatic carbocycles. The number of hydrogen-bond acceptors (Lipinski definition) is 3. The molecule has 0 saturated carbocycles. The Morgan fingerprint density at radius 3 is 2.70 bits per heavy atom. The molecule has 1 fully saturated rings. The predicted molar refractivity (Wildman–Crippen MR) is 118 cm³/mol. The van der Waals surface area contributed by atoms with E-state index in [0.717, 1.165) is 42.0 Å². The summed E-state index contributed by atoms with van der Waals surface area (Å²) in [4.78, 5) is 39.0. The molecule has 1 saturated heterocycles. The van der Waals surface area contributed by atoms with E-state index < -0.39 is 0 Å². The minimum Gasteiger partial charge on any atom is -0.356 e. The Hall–Kier alpha value is -2.89. The fourth-order valence-corrected chi connectivity index (χ4v) is 3.92. The van der Waals surface area contributed by atoms with Gasteiger partial charge in [-0.1, -0.05) is 55.8 Å². The van der Waals surface area contributed by atoms with E-state index in [-0.39, 0.29) is 36.6 Å². The van der Waals surface area contributed by atoms with Crippen LogP contribution in [0.25, 0.3) is 10.8 Å². The van der Waals surface area contributed by atoms with Crippen molar-refractivity contribution in [2.75, 3.05) is 26.2 Å². The van der Waals surface area contributed by atoms with Gasteiger partial charge in [0.1, 0.15) is 0 Å². The molecule has 1 aliphatic rings. The van der Waals surface area contributed by atoms with Crippen LogP contribution in [-0.2, 0) is 20.8 Å². The number of carbonyl (C=O) groups excluding carboxylic acids is 3. The molecule has 30 heavy (non-hydrogen) atoms. The van der Waals surface area contributed by atoms with Crippen molar-refractivity contribution in [3.05, 3.63) is 48.0 Å². The number of benzene rings is 2. The lowest BCUT2D eigenvalue weighted by molar-refractivity contribution is -0.136. The molecule has 1 unspecified atom stereocenters. The molecule has 2 aromatic rings. The molecule has 0 radical (unpaired) electrons. The fraction of sp³-hybridized carbons (Fsp3) is 0.458. The SMILES string of the molecule is CCCCNC(=O)C1CCCN(C(=O)CNC(=O)Cc2cccc3ccccc23)C1. The topological polar surface area (TPSA) is 78.5 Å². The Morgan fingerprint density at radius 1 is 1.07 bits per heavy atom. The van der Waals surface area contributed by atoms with Gasteiger partial charge in [-0.05, 0) is 35.6 Å². The van der Waals surface area contributed by atoms with Crippen molar-refractivity contribution < 1.29 is 14.4 Å². The Balaban J connectivity index is 1.48. The number of nitrogens with zero attached hydrogens (tertiary/aromatic N) is 1. The van der Waals surface area contributed by atoms with Gasteiger partial charge in [0.25, 0.3) is 0 Å². The smallest absolute Gasteiger partial charge is 0.241 e. The maximum atomic E-state index is 12.6. The summed E-state index contributed by atoms with van der Waals surface area (Å²) in [5.41, 5.74) is 0.944. The first-order valence-corrected chi connectivity index (χ1v) is 10.9. The first-order chi connectivity index (χ1) is 14.6. The number of rotatable bonds is 8. The molecule has 3 amide bonds. The van der Waals surface area contributed by atoms with E-state index in [2.05, 4.69) is 17.6 Å². The van der Waals surface area contributed by atoms with Gasteiger partial charge in [0, 0.05) is 19.6 Å². The summed E-state index contributed by atoms with van der Waals surface area (Å²) in [7, 11) is 0. The number of unbranched alkanes of at least 4 members (excludes halogenated alkanes) is 1. The van der Waals surface area contributed by atoms with Crippen molar-refractivity contribution in [2.45, 2.75) is 39.0 Å². The number of carbonyl (C=O) groups is 3. The quantitative estimate of drug-likeness (QED) is 0.658. The zero-order valence-corrected chi connectivity index (χ0v) is 17.7. The van der Waals surface area contributed by atoms with Crippen LogP contribution in [-0.4, -0.2) is 48.8 Å².